The second kappa shape index (κ2) is 9.48. The molecule has 0 bridgehead atoms. The van der Waals surface area contributed by atoms with E-state index in [0.29, 0.717) is 23.7 Å². The standard InChI is InChI=1S/C22H20ClF2N3O2S/c23-18-3-1-14(2-4-18)22(16-8-26-13-27-9-16)28-10-17(11-28)21(12-31(29)30)15-5-19(24)7-20(25)6-15/h1-9,13,17,21-22H,10-12H2,(H,29,30). The molecule has 162 valence electrons. The fraction of sp³-hybridized carbons (Fsp3) is 0.273. The molecule has 0 amide bonds. The number of nitrogens with zero attached hydrogens (tertiary/aromatic N) is 3. The molecule has 3 atom stereocenters. The van der Waals surface area contributed by atoms with Crippen LogP contribution in [0.15, 0.2) is 61.2 Å². The molecule has 1 aliphatic rings. The Morgan fingerprint density at radius 1 is 1.03 bits per heavy atom. The van der Waals surface area contributed by atoms with E-state index in [1.54, 1.807) is 12.4 Å². The summed E-state index contributed by atoms with van der Waals surface area (Å²) in [5, 5.41) is 0.631. The van der Waals surface area contributed by atoms with E-state index in [1.165, 1.54) is 18.5 Å². The molecule has 1 N–H and O–H groups in total. The zero-order valence-corrected chi connectivity index (χ0v) is 17.9. The lowest BCUT2D eigenvalue weighted by atomic mass is 9.80. The van der Waals surface area contributed by atoms with Crippen LogP contribution in [0.2, 0.25) is 5.02 Å². The Balaban J connectivity index is 1.59. The van der Waals surface area contributed by atoms with Gasteiger partial charge in [-0.15, -0.1) is 0 Å². The second-order valence-electron chi connectivity index (χ2n) is 7.64. The normalized spacial score (nSPS) is 17.7. The smallest absolute Gasteiger partial charge is 0.153 e. The molecular formula is C22H20ClF2N3O2S. The third-order valence-electron chi connectivity index (χ3n) is 5.59. The van der Waals surface area contributed by atoms with Crippen molar-refractivity contribution < 1.29 is 17.5 Å². The van der Waals surface area contributed by atoms with Gasteiger partial charge in [0.2, 0.25) is 0 Å². The SMILES string of the molecule is O=S(O)CC(c1cc(F)cc(F)c1)C1CN(C(c2ccc(Cl)cc2)c2cncnc2)C1. The number of rotatable bonds is 7. The number of halogens is 3. The van der Waals surface area contributed by atoms with Crippen molar-refractivity contribution in [3.8, 4) is 0 Å². The van der Waals surface area contributed by atoms with Crippen molar-refractivity contribution in [3.05, 3.63) is 94.5 Å². The van der Waals surface area contributed by atoms with Crippen LogP contribution in [0.5, 0.6) is 0 Å². The van der Waals surface area contributed by atoms with E-state index in [1.807, 2.05) is 24.3 Å². The molecule has 1 aliphatic heterocycles. The van der Waals surface area contributed by atoms with Crippen LogP contribution in [0.25, 0.3) is 0 Å². The summed E-state index contributed by atoms with van der Waals surface area (Å²) in [7, 11) is 0. The van der Waals surface area contributed by atoms with Crippen molar-refractivity contribution in [2.45, 2.75) is 12.0 Å². The topological polar surface area (TPSA) is 66.3 Å². The van der Waals surface area contributed by atoms with Gasteiger partial charge in [0, 0.05) is 48.1 Å². The van der Waals surface area contributed by atoms with Gasteiger partial charge in [0.25, 0.3) is 0 Å². The molecule has 0 spiro atoms. The average molecular weight is 464 g/mol. The van der Waals surface area contributed by atoms with Gasteiger partial charge in [-0.1, -0.05) is 23.7 Å². The maximum Gasteiger partial charge on any atom is 0.153 e. The summed E-state index contributed by atoms with van der Waals surface area (Å²) in [6, 6.07) is 10.7. The van der Waals surface area contributed by atoms with Crippen LogP contribution < -0.4 is 0 Å². The molecule has 5 nitrogen and oxygen atoms in total. The minimum Gasteiger partial charge on any atom is -0.306 e. The molecule has 2 aromatic carbocycles. The van der Waals surface area contributed by atoms with Gasteiger partial charge in [0.1, 0.15) is 18.0 Å². The molecule has 3 unspecified atom stereocenters. The van der Waals surface area contributed by atoms with Crippen molar-refractivity contribution in [1.29, 1.82) is 0 Å². The van der Waals surface area contributed by atoms with E-state index in [9.17, 15) is 17.5 Å². The van der Waals surface area contributed by atoms with Crippen LogP contribution in [0.1, 0.15) is 28.7 Å². The van der Waals surface area contributed by atoms with Gasteiger partial charge < -0.3 is 4.55 Å². The van der Waals surface area contributed by atoms with Crippen LogP contribution >= 0.6 is 11.6 Å². The molecule has 9 heteroatoms. The summed E-state index contributed by atoms with van der Waals surface area (Å²) in [5.74, 6) is -1.94. The summed E-state index contributed by atoms with van der Waals surface area (Å²) in [4.78, 5) is 10.4. The lowest BCUT2D eigenvalue weighted by Gasteiger charge is -2.47. The largest absolute Gasteiger partial charge is 0.306 e. The Hall–Kier alpha value is -2.26. The molecule has 31 heavy (non-hydrogen) atoms. The van der Waals surface area contributed by atoms with E-state index in [2.05, 4.69) is 14.9 Å². The van der Waals surface area contributed by atoms with E-state index in [4.69, 9.17) is 11.6 Å². The van der Waals surface area contributed by atoms with E-state index >= 15 is 0 Å². The molecular weight excluding hydrogens is 444 g/mol. The molecule has 0 saturated carbocycles. The number of benzene rings is 2. The van der Waals surface area contributed by atoms with Gasteiger partial charge in [0.05, 0.1) is 11.8 Å². The highest BCUT2D eigenvalue weighted by Crippen LogP contribution is 2.40. The second-order valence-corrected chi connectivity index (χ2v) is 9.05. The van der Waals surface area contributed by atoms with Crippen molar-refractivity contribution >= 4 is 22.7 Å². The molecule has 3 aromatic rings. The van der Waals surface area contributed by atoms with Crippen molar-refractivity contribution in [2.24, 2.45) is 5.92 Å². The van der Waals surface area contributed by atoms with Gasteiger partial charge in [-0.2, -0.15) is 0 Å². The van der Waals surface area contributed by atoms with Gasteiger partial charge in [0.15, 0.2) is 11.1 Å². The van der Waals surface area contributed by atoms with Gasteiger partial charge in [-0.25, -0.2) is 23.0 Å². The van der Waals surface area contributed by atoms with E-state index in [0.717, 1.165) is 17.2 Å². The fourth-order valence-corrected chi connectivity index (χ4v) is 5.07. The van der Waals surface area contributed by atoms with Crippen LogP contribution in [0.4, 0.5) is 8.78 Å². The highest BCUT2D eigenvalue weighted by molar-refractivity contribution is 7.79. The number of hydrogen-bond donors (Lipinski definition) is 1. The molecule has 4 rings (SSSR count). The number of aromatic nitrogens is 2. The summed E-state index contributed by atoms with van der Waals surface area (Å²) in [6.45, 7) is 1.17. The maximum atomic E-state index is 13.8. The first-order valence-corrected chi connectivity index (χ1v) is 11.3. The Bertz CT molecular complexity index is 1050. The highest BCUT2D eigenvalue weighted by Gasteiger charge is 2.39. The van der Waals surface area contributed by atoms with E-state index < -0.39 is 28.6 Å². The third-order valence-corrected chi connectivity index (χ3v) is 6.49. The van der Waals surface area contributed by atoms with Crippen molar-refractivity contribution in [3.63, 3.8) is 0 Å². The first kappa shape index (κ1) is 22.0. The Labute approximate surface area is 186 Å². The van der Waals surface area contributed by atoms with Crippen LogP contribution in [-0.4, -0.2) is 42.5 Å². The minimum absolute atomic E-state index is 0.0308. The highest BCUT2D eigenvalue weighted by atomic mass is 35.5. The van der Waals surface area contributed by atoms with Crippen LogP contribution in [0.3, 0.4) is 0 Å². The fourth-order valence-electron chi connectivity index (χ4n) is 4.17. The Kier molecular flexibility index (Phi) is 6.71. The molecule has 2 heterocycles. The molecule has 1 fully saturated rings. The number of likely N-dealkylation sites (tertiary alicyclic amines) is 1. The first-order valence-electron chi connectivity index (χ1n) is 9.68. The predicted octanol–water partition coefficient (Wildman–Crippen LogP) is 4.43. The van der Waals surface area contributed by atoms with Crippen molar-refractivity contribution in [1.82, 2.24) is 14.9 Å². The summed E-state index contributed by atoms with van der Waals surface area (Å²) in [5.41, 5.74) is 2.31. The zero-order chi connectivity index (χ0) is 22.0. The summed E-state index contributed by atoms with van der Waals surface area (Å²) >= 11 is 3.95. The van der Waals surface area contributed by atoms with Crippen molar-refractivity contribution in [2.75, 3.05) is 18.8 Å². The quantitative estimate of drug-likeness (QED) is 0.525. The molecule has 1 aromatic heterocycles. The first-order chi connectivity index (χ1) is 14.9. The zero-order valence-electron chi connectivity index (χ0n) is 16.4. The summed E-state index contributed by atoms with van der Waals surface area (Å²) < 4.78 is 48.6. The van der Waals surface area contributed by atoms with Gasteiger partial charge in [-0.05, 0) is 41.3 Å². The average Bonchev–Trinajstić information content (AvgIpc) is 2.70. The van der Waals surface area contributed by atoms with E-state index in [-0.39, 0.29) is 17.7 Å². The maximum absolute atomic E-state index is 13.8. The predicted molar refractivity (Wildman–Crippen MR) is 115 cm³/mol. The van der Waals surface area contributed by atoms with Crippen LogP contribution in [-0.2, 0) is 11.1 Å². The molecule has 1 saturated heterocycles. The third kappa shape index (κ3) is 5.15. The minimum atomic E-state index is -2.09. The van der Waals surface area contributed by atoms with Gasteiger partial charge >= 0.3 is 0 Å². The Morgan fingerprint density at radius 3 is 2.23 bits per heavy atom. The number of hydrogen-bond acceptors (Lipinski definition) is 4. The molecule has 0 radical (unpaired) electrons. The lowest BCUT2D eigenvalue weighted by molar-refractivity contribution is 0.0551. The Morgan fingerprint density at radius 2 is 1.65 bits per heavy atom. The lowest BCUT2D eigenvalue weighted by Crippen LogP contribution is -2.51. The monoisotopic (exact) mass is 463 g/mol. The summed E-state index contributed by atoms with van der Waals surface area (Å²) in [6.07, 6.45) is 4.97. The van der Waals surface area contributed by atoms with Gasteiger partial charge in [-0.3, -0.25) is 4.90 Å². The van der Waals surface area contributed by atoms with Crippen LogP contribution in [0, 0.1) is 17.6 Å². The molecule has 0 aliphatic carbocycles.